The summed E-state index contributed by atoms with van der Waals surface area (Å²) in [5.74, 6) is 0.457. The molecule has 0 spiro atoms. The number of aromatic nitrogens is 2. The number of hydrogen-bond donors (Lipinski definition) is 0. The summed E-state index contributed by atoms with van der Waals surface area (Å²) in [6, 6.07) is 15.5. The molecular formula is C18H13F3N4. The van der Waals surface area contributed by atoms with Gasteiger partial charge in [0.1, 0.15) is 12.5 Å². The monoisotopic (exact) mass is 342 g/mol. The molecule has 25 heavy (non-hydrogen) atoms. The molecule has 4 rings (SSSR count). The number of nitrogens with zero attached hydrogens (tertiary/aromatic N) is 4. The fourth-order valence-electron chi connectivity index (χ4n) is 2.86. The maximum atomic E-state index is 13.3. The van der Waals surface area contributed by atoms with E-state index in [1.165, 1.54) is 6.07 Å². The first-order valence-electron chi connectivity index (χ1n) is 7.62. The quantitative estimate of drug-likeness (QED) is 0.638. The smallest absolute Gasteiger partial charge is 0.306 e. The summed E-state index contributed by atoms with van der Waals surface area (Å²) in [6.07, 6.45) is -1.14. The van der Waals surface area contributed by atoms with Crippen LogP contribution in [0.1, 0.15) is 0 Å². The Kier molecular flexibility index (Phi) is 3.56. The van der Waals surface area contributed by atoms with Gasteiger partial charge in [-0.15, -0.1) is 0 Å². The molecular weight excluding hydrogens is 329 g/mol. The number of pyridine rings is 2. The van der Waals surface area contributed by atoms with Crippen LogP contribution in [-0.2, 0) is 0 Å². The summed E-state index contributed by atoms with van der Waals surface area (Å²) >= 11 is 0. The molecule has 0 saturated carbocycles. The van der Waals surface area contributed by atoms with Crippen molar-refractivity contribution in [2.45, 2.75) is 6.30 Å². The molecule has 1 aliphatic rings. The molecule has 0 atom stereocenters. The van der Waals surface area contributed by atoms with Gasteiger partial charge < -0.3 is 4.90 Å². The maximum Gasteiger partial charge on any atom is 0.486 e. The lowest BCUT2D eigenvalue weighted by molar-refractivity contribution is -0.127. The van der Waals surface area contributed by atoms with Crippen molar-refractivity contribution in [3.8, 4) is 11.3 Å². The number of rotatable bonds is 2. The summed E-state index contributed by atoms with van der Waals surface area (Å²) in [7, 11) is 0. The van der Waals surface area contributed by atoms with Crippen LogP contribution >= 0.6 is 0 Å². The van der Waals surface area contributed by atoms with Crippen molar-refractivity contribution >= 4 is 17.2 Å². The van der Waals surface area contributed by atoms with Gasteiger partial charge in [-0.25, -0.2) is 4.98 Å². The lowest BCUT2D eigenvalue weighted by Crippen LogP contribution is -2.39. The van der Waals surface area contributed by atoms with Crippen LogP contribution in [0.5, 0.6) is 0 Å². The highest BCUT2D eigenvalue weighted by Crippen LogP contribution is 2.44. The summed E-state index contributed by atoms with van der Waals surface area (Å²) in [5.41, 5.74) is 2.19. The van der Waals surface area contributed by atoms with Crippen LogP contribution < -0.4 is 9.80 Å². The van der Waals surface area contributed by atoms with E-state index in [2.05, 4.69) is 9.97 Å². The molecule has 0 radical (unpaired) electrons. The van der Waals surface area contributed by atoms with Crippen molar-refractivity contribution in [1.29, 1.82) is 0 Å². The molecule has 0 amide bonds. The predicted octanol–water partition coefficient (Wildman–Crippen LogP) is 4.58. The molecule has 0 fully saturated rings. The fraction of sp³-hybridized carbons (Fsp3) is 0.111. The molecule has 1 aromatic carbocycles. The van der Waals surface area contributed by atoms with E-state index in [4.69, 9.17) is 0 Å². The number of anilines is 3. The van der Waals surface area contributed by atoms with Gasteiger partial charge in [0.15, 0.2) is 0 Å². The SMILES string of the molecule is FC(F)(F)N1CN(c2ccc(-c3ccccn3)cn2)c2ccccc21. The third kappa shape index (κ3) is 2.77. The standard InChI is InChI=1S/C18H13F3N4/c19-18(20,21)25-12-24(15-6-1-2-7-16(15)25)17-9-8-13(11-23-17)14-5-3-4-10-22-14/h1-11H,12H2. The van der Waals surface area contributed by atoms with E-state index in [0.29, 0.717) is 16.4 Å². The Bertz CT molecular complexity index is 879. The minimum absolute atomic E-state index is 0.130. The summed E-state index contributed by atoms with van der Waals surface area (Å²) in [6.45, 7) is -0.321. The zero-order valence-corrected chi connectivity index (χ0v) is 13.0. The van der Waals surface area contributed by atoms with Crippen molar-refractivity contribution in [3.63, 3.8) is 0 Å². The molecule has 126 valence electrons. The van der Waals surface area contributed by atoms with Crippen LogP contribution in [0.25, 0.3) is 11.3 Å². The third-order valence-corrected chi connectivity index (χ3v) is 4.04. The van der Waals surface area contributed by atoms with Crippen LogP contribution in [0.2, 0.25) is 0 Å². The first kappa shape index (κ1) is 15.4. The Morgan fingerprint density at radius 2 is 1.60 bits per heavy atom. The van der Waals surface area contributed by atoms with Gasteiger partial charge in [0, 0.05) is 18.0 Å². The van der Waals surface area contributed by atoms with E-state index >= 15 is 0 Å². The molecule has 7 heteroatoms. The number of hydrogen-bond acceptors (Lipinski definition) is 4. The van der Waals surface area contributed by atoms with E-state index in [-0.39, 0.29) is 12.4 Å². The van der Waals surface area contributed by atoms with Crippen LogP contribution in [0.4, 0.5) is 30.4 Å². The van der Waals surface area contributed by atoms with E-state index in [9.17, 15) is 13.2 Å². The van der Waals surface area contributed by atoms with E-state index in [1.54, 1.807) is 41.6 Å². The van der Waals surface area contributed by atoms with Crippen LogP contribution in [0.3, 0.4) is 0 Å². The molecule has 3 aromatic rings. The zero-order valence-electron chi connectivity index (χ0n) is 13.0. The lowest BCUT2D eigenvalue weighted by Gasteiger charge is -2.23. The summed E-state index contributed by atoms with van der Waals surface area (Å²) < 4.78 is 39.9. The van der Waals surface area contributed by atoms with Crippen molar-refractivity contribution < 1.29 is 13.2 Å². The Morgan fingerprint density at radius 3 is 2.24 bits per heavy atom. The summed E-state index contributed by atoms with van der Waals surface area (Å²) in [4.78, 5) is 10.6. The van der Waals surface area contributed by atoms with Crippen LogP contribution in [0, 0.1) is 0 Å². The van der Waals surface area contributed by atoms with Gasteiger partial charge >= 0.3 is 6.30 Å². The Balaban J connectivity index is 1.69. The third-order valence-electron chi connectivity index (χ3n) is 4.04. The molecule has 2 aromatic heterocycles. The molecule has 0 unspecified atom stereocenters. The second kappa shape index (κ2) is 5.77. The minimum Gasteiger partial charge on any atom is -0.306 e. The number of para-hydroxylation sites is 2. The second-order valence-corrected chi connectivity index (χ2v) is 5.57. The van der Waals surface area contributed by atoms with Gasteiger partial charge in [0.25, 0.3) is 0 Å². The van der Waals surface area contributed by atoms with E-state index in [0.717, 1.165) is 11.3 Å². The van der Waals surface area contributed by atoms with E-state index < -0.39 is 6.30 Å². The number of alkyl halides is 3. The summed E-state index contributed by atoms with van der Waals surface area (Å²) in [5, 5.41) is 0. The van der Waals surface area contributed by atoms with Gasteiger partial charge in [0.2, 0.25) is 0 Å². The fourth-order valence-corrected chi connectivity index (χ4v) is 2.86. The van der Waals surface area contributed by atoms with Crippen molar-refractivity contribution in [3.05, 3.63) is 67.0 Å². The topological polar surface area (TPSA) is 32.3 Å². The Hall–Kier alpha value is -3.09. The van der Waals surface area contributed by atoms with Crippen molar-refractivity contribution in [1.82, 2.24) is 9.97 Å². The first-order chi connectivity index (χ1) is 12.0. The largest absolute Gasteiger partial charge is 0.486 e. The average Bonchev–Trinajstić information content (AvgIpc) is 3.03. The maximum absolute atomic E-state index is 13.3. The van der Waals surface area contributed by atoms with Crippen molar-refractivity contribution in [2.24, 2.45) is 0 Å². The van der Waals surface area contributed by atoms with Gasteiger partial charge in [-0.3, -0.25) is 9.88 Å². The van der Waals surface area contributed by atoms with E-state index in [1.807, 2.05) is 24.3 Å². The van der Waals surface area contributed by atoms with Gasteiger partial charge in [-0.05, 0) is 36.4 Å². The van der Waals surface area contributed by atoms with Crippen LogP contribution in [0.15, 0.2) is 67.0 Å². The zero-order chi connectivity index (χ0) is 17.4. The number of fused-ring (bicyclic) bond motifs is 1. The van der Waals surface area contributed by atoms with Gasteiger partial charge in [-0.2, -0.15) is 13.2 Å². The van der Waals surface area contributed by atoms with Gasteiger partial charge in [-0.1, -0.05) is 18.2 Å². The average molecular weight is 342 g/mol. The highest BCUT2D eigenvalue weighted by molar-refractivity contribution is 5.81. The molecule has 0 bridgehead atoms. The Morgan fingerprint density at radius 1 is 0.840 bits per heavy atom. The highest BCUT2D eigenvalue weighted by Gasteiger charge is 2.44. The predicted molar refractivity (Wildman–Crippen MR) is 89.5 cm³/mol. The second-order valence-electron chi connectivity index (χ2n) is 5.57. The highest BCUT2D eigenvalue weighted by atomic mass is 19.4. The van der Waals surface area contributed by atoms with Crippen LogP contribution in [-0.4, -0.2) is 22.9 Å². The molecule has 1 aliphatic heterocycles. The molecule has 3 heterocycles. The Labute approximate surface area is 142 Å². The lowest BCUT2D eigenvalue weighted by atomic mass is 10.2. The molecule has 0 saturated heterocycles. The van der Waals surface area contributed by atoms with Gasteiger partial charge in [0.05, 0.1) is 17.1 Å². The minimum atomic E-state index is -4.45. The molecule has 0 N–H and O–H groups in total. The molecule has 0 aliphatic carbocycles. The number of halogens is 3. The molecule has 4 nitrogen and oxygen atoms in total. The first-order valence-corrected chi connectivity index (χ1v) is 7.62. The van der Waals surface area contributed by atoms with Crippen molar-refractivity contribution in [2.75, 3.05) is 16.5 Å². The number of benzene rings is 1. The normalized spacial score (nSPS) is 13.9.